The molecule has 3 aromatic rings. The summed E-state index contributed by atoms with van der Waals surface area (Å²) in [6, 6.07) is 5.71. The third kappa shape index (κ3) is 4.04. The molecule has 0 aliphatic carbocycles. The first-order valence-corrected chi connectivity index (χ1v) is 10.1. The Labute approximate surface area is 169 Å². The predicted molar refractivity (Wildman–Crippen MR) is 110 cm³/mol. The highest BCUT2D eigenvalue weighted by Crippen LogP contribution is 2.29. The molecule has 7 heteroatoms. The Bertz CT molecular complexity index is 1060. The highest BCUT2D eigenvalue weighted by atomic mass is 16.2. The number of Topliss-reactive ketones (excluding diaryl/α,β-unsaturated/α-hetero) is 1. The van der Waals surface area contributed by atoms with Gasteiger partial charge in [0.15, 0.2) is 11.4 Å². The quantitative estimate of drug-likeness (QED) is 0.674. The first-order valence-electron chi connectivity index (χ1n) is 10.1. The van der Waals surface area contributed by atoms with E-state index in [2.05, 4.69) is 20.2 Å². The van der Waals surface area contributed by atoms with Crippen LogP contribution in [-0.2, 0) is 4.79 Å². The Morgan fingerprint density at radius 2 is 1.97 bits per heavy atom. The minimum Gasteiger partial charge on any atom is -0.342 e. The fourth-order valence-corrected chi connectivity index (χ4v) is 3.93. The monoisotopic (exact) mass is 391 g/mol. The maximum Gasteiger partial charge on any atom is 0.223 e. The van der Waals surface area contributed by atoms with E-state index < -0.39 is 0 Å². The minimum atomic E-state index is 0.0184. The normalized spacial score (nSPS) is 16.9. The van der Waals surface area contributed by atoms with Gasteiger partial charge in [0.25, 0.3) is 0 Å². The second kappa shape index (κ2) is 8.11. The number of nitrogens with zero attached hydrogens (tertiary/aromatic N) is 4. The highest BCUT2D eigenvalue weighted by Gasteiger charge is 2.28. The van der Waals surface area contributed by atoms with Crippen molar-refractivity contribution in [3.8, 4) is 0 Å². The molecule has 2 aromatic heterocycles. The van der Waals surface area contributed by atoms with Gasteiger partial charge in [-0.1, -0.05) is 12.1 Å². The third-order valence-corrected chi connectivity index (χ3v) is 5.79. The molecule has 0 unspecified atom stereocenters. The van der Waals surface area contributed by atoms with E-state index in [1.165, 1.54) is 0 Å². The van der Waals surface area contributed by atoms with Crippen LogP contribution in [-0.4, -0.2) is 49.8 Å². The molecule has 1 atom stereocenters. The molecular weight excluding hydrogens is 366 g/mol. The summed E-state index contributed by atoms with van der Waals surface area (Å²) in [4.78, 5) is 35.7. The summed E-state index contributed by atoms with van der Waals surface area (Å²) in [6.07, 6.45) is 5.65. The lowest BCUT2D eigenvalue weighted by Crippen LogP contribution is -2.39. The molecule has 0 spiro atoms. The van der Waals surface area contributed by atoms with Crippen molar-refractivity contribution in [3.05, 3.63) is 53.0 Å². The van der Waals surface area contributed by atoms with E-state index in [9.17, 15) is 9.59 Å². The molecule has 1 fully saturated rings. The Morgan fingerprint density at radius 1 is 1.14 bits per heavy atom. The molecule has 1 aliphatic heterocycles. The van der Waals surface area contributed by atoms with Crippen LogP contribution >= 0.6 is 0 Å². The number of carbonyl (C=O) groups is 2. The van der Waals surface area contributed by atoms with E-state index in [0.29, 0.717) is 17.8 Å². The lowest BCUT2D eigenvalue weighted by atomic mass is 9.93. The van der Waals surface area contributed by atoms with E-state index in [-0.39, 0.29) is 30.4 Å². The van der Waals surface area contributed by atoms with Crippen LogP contribution in [0.15, 0.2) is 30.6 Å². The molecule has 1 aromatic carbocycles. The second-order valence-corrected chi connectivity index (χ2v) is 7.77. The smallest absolute Gasteiger partial charge is 0.223 e. The SMILES string of the molecule is Cc1ccc(C(=O)CCC(=O)N2CCC[C@@H](c3[nH]nc4nccnc34)C2)cc1C. The topological polar surface area (TPSA) is 91.8 Å². The Balaban J connectivity index is 1.38. The van der Waals surface area contributed by atoms with Crippen molar-refractivity contribution in [1.29, 1.82) is 0 Å². The molecule has 1 amide bonds. The van der Waals surface area contributed by atoms with Crippen molar-refractivity contribution in [2.45, 2.75) is 45.4 Å². The van der Waals surface area contributed by atoms with Gasteiger partial charge in [-0.3, -0.25) is 14.7 Å². The summed E-state index contributed by atoms with van der Waals surface area (Å²) in [5.74, 6) is 0.205. The van der Waals surface area contributed by atoms with E-state index in [1.54, 1.807) is 12.4 Å². The van der Waals surface area contributed by atoms with Gasteiger partial charge in [-0.05, 0) is 43.9 Å². The maximum atomic E-state index is 12.8. The molecule has 1 saturated heterocycles. The molecule has 0 radical (unpaired) electrons. The van der Waals surface area contributed by atoms with Crippen LogP contribution < -0.4 is 0 Å². The zero-order valence-corrected chi connectivity index (χ0v) is 16.8. The number of nitrogens with one attached hydrogen (secondary N) is 1. The number of rotatable bonds is 5. The van der Waals surface area contributed by atoms with Crippen molar-refractivity contribution in [3.63, 3.8) is 0 Å². The van der Waals surface area contributed by atoms with Crippen molar-refractivity contribution >= 4 is 22.9 Å². The number of aryl methyl sites for hydroxylation is 2. The van der Waals surface area contributed by atoms with Gasteiger partial charge < -0.3 is 4.90 Å². The maximum absolute atomic E-state index is 12.8. The Hall–Kier alpha value is -3.09. The van der Waals surface area contributed by atoms with Crippen molar-refractivity contribution in [1.82, 2.24) is 25.1 Å². The van der Waals surface area contributed by atoms with Crippen molar-refractivity contribution < 1.29 is 9.59 Å². The van der Waals surface area contributed by atoms with E-state index in [1.807, 2.05) is 36.9 Å². The van der Waals surface area contributed by atoms with E-state index in [0.717, 1.165) is 41.7 Å². The average molecular weight is 391 g/mol. The summed E-state index contributed by atoms with van der Waals surface area (Å²) in [6.45, 7) is 5.36. The summed E-state index contributed by atoms with van der Waals surface area (Å²) in [7, 11) is 0. The minimum absolute atomic E-state index is 0.0184. The van der Waals surface area contributed by atoms with Gasteiger partial charge in [-0.15, -0.1) is 0 Å². The number of amides is 1. The number of carbonyl (C=O) groups excluding carboxylic acids is 2. The fourth-order valence-electron chi connectivity index (χ4n) is 3.93. The third-order valence-electron chi connectivity index (χ3n) is 5.79. The average Bonchev–Trinajstić information content (AvgIpc) is 3.18. The number of aromatic amines is 1. The lowest BCUT2D eigenvalue weighted by Gasteiger charge is -2.32. The number of hydrogen-bond donors (Lipinski definition) is 1. The number of aromatic nitrogens is 4. The van der Waals surface area contributed by atoms with Gasteiger partial charge in [-0.2, -0.15) is 5.10 Å². The van der Waals surface area contributed by atoms with Gasteiger partial charge in [0, 0.05) is 49.8 Å². The summed E-state index contributed by atoms with van der Waals surface area (Å²) >= 11 is 0. The number of likely N-dealkylation sites (tertiary alicyclic amines) is 1. The number of benzene rings is 1. The van der Waals surface area contributed by atoms with Crippen molar-refractivity contribution in [2.24, 2.45) is 0 Å². The summed E-state index contributed by atoms with van der Waals surface area (Å²) in [5.41, 5.74) is 5.25. The van der Waals surface area contributed by atoms with Crippen LogP contribution in [0.4, 0.5) is 0 Å². The number of fused-ring (bicyclic) bond motifs is 1. The molecule has 3 heterocycles. The van der Waals surface area contributed by atoms with Crippen LogP contribution in [0.5, 0.6) is 0 Å². The molecule has 0 saturated carbocycles. The number of ketones is 1. The molecule has 7 nitrogen and oxygen atoms in total. The number of hydrogen-bond acceptors (Lipinski definition) is 5. The first kappa shape index (κ1) is 19.2. The van der Waals surface area contributed by atoms with E-state index >= 15 is 0 Å². The molecular formula is C22H25N5O2. The van der Waals surface area contributed by atoms with Crippen LogP contribution in [0.3, 0.4) is 0 Å². The van der Waals surface area contributed by atoms with Crippen molar-refractivity contribution in [2.75, 3.05) is 13.1 Å². The zero-order valence-electron chi connectivity index (χ0n) is 16.8. The van der Waals surface area contributed by atoms with Crippen LogP contribution in [0, 0.1) is 13.8 Å². The molecule has 0 bridgehead atoms. The van der Waals surface area contributed by atoms with Gasteiger partial charge >= 0.3 is 0 Å². The van der Waals surface area contributed by atoms with Gasteiger partial charge in [-0.25, -0.2) is 9.97 Å². The zero-order chi connectivity index (χ0) is 20.4. The van der Waals surface area contributed by atoms with Gasteiger partial charge in [0.1, 0.15) is 5.52 Å². The summed E-state index contributed by atoms with van der Waals surface area (Å²) < 4.78 is 0. The molecule has 1 N–H and O–H groups in total. The molecule has 1 aliphatic rings. The summed E-state index contributed by atoms with van der Waals surface area (Å²) in [5, 5.41) is 7.28. The van der Waals surface area contributed by atoms with Crippen LogP contribution in [0.1, 0.15) is 58.8 Å². The van der Waals surface area contributed by atoms with Gasteiger partial charge in [0.2, 0.25) is 5.91 Å². The number of H-pyrrole nitrogens is 1. The predicted octanol–water partition coefficient (Wildman–Crippen LogP) is 3.34. The standard InChI is InChI=1S/C22H25N5O2/c1-14-5-6-16(12-15(14)2)18(28)7-8-19(29)27-11-3-4-17(13-27)20-21-22(26-25-20)24-10-9-23-21/h5-6,9-10,12,17H,3-4,7-8,11,13H2,1-2H3,(H,24,25,26)/t17-/m1/s1. The highest BCUT2D eigenvalue weighted by molar-refractivity contribution is 5.98. The molecule has 4 rings (SSSR count). The van der Waals surface area contributed by atoms with Gasteiger partial charge in [0.05, 0.1) is 5.69 Å². The van der Waals surface area contributed by atoms with Crippen LogP contribution in [0.2, 0.25) is 0 Å². The molecule has 150 valence electrons. The van der Waals surface area contributed by atoms with Crippen LogP contribution in [0.25, 0.3) is 11.2 Å². The second-order valence-electron chi connectivity index (χ2n) is 7.77. The molecule has 29 heavy (non-hydrogen) atoms. The number of piperidine rings is 1. The fraction of sp³-hybridized carbons (Fsp3) is 0.409. The lowest BCUT2D eigenvalue weighted by molar-refractivity contribution is -0.132. The largest absolute Gasteiger partial charge is 0.342 e. The Morgan fingerprint density at radius 3 is 2.79 bits per heavy atom. The van der Waals surface area contributed by atoms with E-state index in [4.69, 9.17) is 0 Å². The Kier molecular flexibility index (Phi) is 5.38. The first-order chi connectivity index (χ1) is 14.0.